The fraction of sp³-hybridized carbons (Fsp3) is 0.429. The molecule has 20 heavy (non-hydrogen) atoms. The molecule has 1 aromatic carbocycles. The predicted molar refractivity (Wildman–Crippen MR) is 79.6 cm³/mol. The fourth-order valence-electron chi connectivity index (χ4n) is 2.42. The fourth-order valence-corrected chi connectivity index (χ4v) is 2.83. The molecule has 0 spiro atoms. The summed E-state index contributed by atoms with van der Waals surface area (Å²) in [5.74, 6) is 2.65. The summed E-state index contributed by atoms with van der Waals surface area (Å²) in [6, 6.07) is 6.30. The summed E-state index contributed by atoms with van der Waals surface area (Å²) >= 11 is 3.52. The molecule has 2 heterocycles. The summed E-state index contributed by atoms with van der Waals surface area (Å²) in [7, 11) is 0. The van der Waals surface area contributed by atoms with E-state index in [4.69, 9.17) is 4.74 Å². The first kappa shape index (κ1) is 13.6. The van der Waals surface area contributed by atoms with Gasteiger partial charge >= 0.3 is 0 Å². The van der Waals surface area contributed by atoms with E-state index < -0.39 is 0 Å². The SMILES string of the molecule is Cc1nc(C(C)N2CCOc3ccc(Br)cc3C2)n[nH]1. The number of nitrogens with zero attached hydrogens (tertiary/aromatic N) is 3. The van der Waals surface area contributed by atoms with Crippen molar-refractivity contribution in [3.8, 4) is 5.75 Å². The first-order valence-corrected chi connectivity index (χ1v) is 7.47. The number of H-pyrrole nitrogens is 1. The zero-order chi connectivity index (χ0) is 14.1. The lowest BCUT2D eigenvalue weighted by atomic mass is 10.1. The number of rotatable bonds is 2. The third-order valence-corrected chi connectivity index (χ3v) is 4.06. The second-order valence-corrected chi connectivity index (χ2v) is 5.94. The monoisotopic (exact) mass is 336 g/mol. The maximum atomic E-state index is 5.81. The quantitative estimate of drug-likeness (QED) is 0.916. The second-order valence-electron chi connectivity index (χ2n) is 5.03. The molecule has 0 bridgehead atoms. The van der Waals surface area contributed by atoms with E-state index in [1.54, 1.807) is 0 Å². The van der Waals surface area contributed by atoms with Crippen LogP contribution >= 0.6 is 15.9 Å². The highest BCUT2D eigenvalue weighted by Crippen LogP contribution is 2.29. The molecule has 1 aliphatic heterocycles. The van der Waals surface area contributed by atoms with Crippen LogP contribution in [0.5, 0.6) is 5.75 Å². The van der Waals surface area contributed by atoms with Gasteiger partial charge in [-0.25, -0.2) is 4.98 Å². The number of aryl methyl sites for hydroxylation is 1. The molecule has 5 nitrogen and oxygen atoms in total. The van der Waals surface area contributed by atoms with Crippen molar-refractivity contribution in [2.45, 2.75) is 26.4 Å². The van der Waals surface area contributed by atoms with Crippen LogP contribution in [0.15, 0.2) is 22.7 Å². The van der Waals surface area contributed by atoms with Crippen molar-refractivity contribution < 1.29 is 4.74 Å². The van der Waals surface area contributed by atoms with Crippen LogP contribution in [-0.4, -0.2) is 33.2 Å². The molecule has 0 fully saturated rings. The Hall–Kier alpha value is -1.40. The van der Waals surface area contributed by atoms with E-state index in [0.29, 0.717) is 6.61 Å². The Morgan fingerprint density at radius 3 is 3.05 bits per heavy atom. The zero-order valence-corrected chi connectivity index (χ0v) is 13.1. The highest BCUT2D eigenvalue weighted by Gasteiger charge is 2.23. The van der Waals surface area contributed by atoms with Crippen LogP contribution in [0.1, 0.15) is 30.2 Å². The summed E-state index contributed by atoms with van der Waals surface area (Å²) in [5.41, 5.74) is 1.19. The van der Waals surface area contributed by atoms with Crippen LogP contribution in [0.4, 0.5) is 0 Å². The minimum Gasteiger partial charge on any atom is -0.492 e. The highest BCUT2D eigenvalue weighted by atomic mass is 79.9. The third kappa shape index (κ3) is 2.71. The lowest BCUT2D eigenvalue weighted by Crippen LogP contribution is -2.29. The molecule has 0 saturated carbocycles. The first-order chi connectivity index (χ1) is 9.63. The number of ether oxygens (including phenoxy) is 1. The van der Waals surface area contributed by atoms with Gasteiger partial charge < -0.3 is 4.74 Å². The molecule has 0 aliphatic carbocycles. The lowest BCUT2D eigenvalue weighted by molar-refractivity contribution is 0.174. The number of fused-ring (bicyclic) bond motifs is 1. The number of hydrogen-bond acceptors (Lipinski definition) is 4. The van der Waals surface area contributed by atoms with Gasteiger partial charge in [0.2, 0.25) is 0 Å². The van der Waals surface area contributed by atoms with Crippen LogP contribution < -0.4 is 4.74 Å². The predicted octanol–water partition coefficient (Wildman–Crippen LogP) is 2.83. The Morgan fingerprint density at radius 2 is 2.30 bits per heavy atom. The Kier molecular flexibility index (Phi) is 3.76. The standard InChI is InChI=1S/C14H17BrN4O/c1-9(14-16-10(2)17-18-14)19-5-6-20-13-4-3-12(15)7-11(13)8-19/h3-4,7,9H,5-6,8H2,1-2H3,(H,16,17,18). The molecule has 1 aliphatic rings. The Balaban J connectivity index is 1.84. The van der Waals surface area contributed by atoms with Crippen LogP contribution in [0.2, 0.25) is 0 Å². The summed E-state index contributed by atoms with van der Waals surface area (Å²) in [6.07, 6.45) is 0. The Morgan fingerprint density at radius 1 is 1.45 bits per heavy atom. The van der Waals surface area contributed by atoms with Gasteiger partial charge in [-0.3, -0.25) is 10.00 Å². The molecule has 1 N–H and O–H groups in total. The van der Waals surface area contributed by atoms with Crippen LogP contribution in [0.25, 0.3) is 0 Å². The first-order valence-electron chi connectivity index (χ1n) is 6.67. The molecular formula is C14H17BrN4O. The van der Waals surface area contributed by atoms with Crippen molar-refractivity contribution in [3.05, 3.63) is 39.9 Å². The minimum absolute atomic E-state index is 0.161. The van der Waals surface area contributed by atoms with Gasteiger partial charge in [0.05, 0.1) is 6.04 Å². The van der Waals surface area contributed by atoms with E-state index >= 15 is 0 Å². The summed E-state index contributed by atoms with van der Waals surface area (Å²) < 4.78 is 6.89. The second kappa shape index (κ2) is 5.54. The van der Waals surface area contributed by atoms with Gasteiger partial charge in [0.15, 0.2) is 5.82 Å². The van der Waals surface area contributed by atoms with Gasteiger partial charge in [-0.1, -0.05) is 15.9 Å². The molecule has 106 valence electrons. The van der Waals surface area contributed by atoms with E-state index in [1.165, 1.54) is 5.56 Å². The van der Waals surface area contributed by atoms with E-state index in [-0.39, 0.29) is 6.04 Å². The Labute approximate surface area is 126 Å². The van der Waals surface area contributed by atoms with E-state index in [1.807, 2.05) is 19.1 Å². The number of aromatic amines is 1. The number of halogens is 1. The van der Waals surface area contributed by atoms with Crippen molar-refractivity contribution in [2.24, 2.45) is 0 Å². The topological polar surface area (TPSA) is 54.0 Å². The highest BCUT2D eigenvalue weighted by molar-refractivity contribution is 9.10. The molecule has 1 atom stereocenters. The van der Waals surface area contributed by atoms with E-state index in [2.05, 4.69) is 49.0 Å². The number of hydrogen-bond donors (Lipinski definition) is 1. The molecule has 0 amide bonds. The number of nitrogens with one attached hydrogen (secondary N) is 1. The van der Waals surface area contributed by atoms with Crippen molar-refractivity contribution in [1.82, 2.24) is 20.1 Å². The van der Waals surface area contributed by atoms with Gasteiger partial charge in [-0.05, 0) is 32.0 Å². The van der Waals surface area contributed by atoms with Crippen molar-refractivity contribution in [1.29, 1.82) is 0 Å². The lowest BCUT2D eigenvalue weighted by Gasteiger charge is -2.24. The molecular weight excluding hydrogens is 320 g/mol. The zero-order valence-electron chi connectivity index (χ0n) is 11.6. The average Bonchev–Trinajstić information content (AvgIpc) is 2.74. The van der Waals surface area contributed by atoms with Crippen LogP contribution in [0, 0.1) is 6.92 Å². The van der Waals surface area contributed by atoms with E-state index in [0.717, 1.165) is 35.0 Å². The van der Waals surface area contributed by atoms with Crippen LogP contribution in [0.3, 0.4) is 0 Å². The van der Waals surface area contributed by atoms with Gasteiger partial charge in [-0.2, -0.15) is 5.10 Å². The smallest absolute Gasteiger partial charge is 0.167 e. The van der Waals surface area contributed by atoms with Gasteiger partial charge in [0, 0.05) is 23.1 Å². The van der Waals surface area contributed by atoms with Crippen molar-refractivity contribution >= 4 is 15.9 Å². The minimum atomic E-state index is 0.161. The van der Waals surface area contributed by atoms with Crippen LogP contribution in [-0.2, 0) is 6.54 Å². The largest absolute Gasteiger partial charge is 0.492 e. The summed E-state index contributed by atoms with van der Waals surface area (Å²) in [5, 5.41) is 7.17. The molecule has 0 saturated heterocycles. The van der Waals surface area contributed by atoms with Crippen molar-refractivity contribution in [3.63, 3.8) is 0 Å². The van der Waals surface area contributed by atoms with Gasteiger partial charge in [0.1, 0.15) is 18.2 Å². The molecule has 2 aromatic rings. The van der Waals surface area contributed by atoms with Gasteiger partial charge in [-0.15, -0.1) is 0 Å². The molecule has 1 aromatic heterocycles. The summed E-state index contributed by atoms with van der Waals surface area (Å²) in [6.45, 7) is 6.43. The maximum Gasteiger partial charge on any atom is 0.167 e. The van der Waals surface area contributed by atoms with Gasteiger partial charge in [0.25, 0.3) is 0 Å². The Bertz CT molecular complexity index is 613. The number of benzene rings is 1. The summed E-state index contributed by atoms with van der Waals surface area (Å²) in [4.78, 5) is 6.77. The third-order valence-electron chi connectivity index (χ3n) is 3.57. The average molecular weight is 337 g/mol. The molecule has 3 rings (SSSR count). The number of aromatic nitrogens is 3. The molecule has 6 heteroatoms. The maximum absolute atomic E-state index is 5.81. The normalized spacial score (nSPS) is 17.1. The molecule has 1 unspecified atom stereocenters. The van der Waals surface area contributed by atoms with E-state index in [9.17, 15) is 0 Å². The molecule has 0 radical (unpaired) electrons. The van der Waals surface area contributed by atoms with Crippen molar-refractivity contribution in [2.75, 3.05) is 13.2 Å².